The monoisotopic (exact) mass is 383 g/mol. The molecule has 3 aromatic carbocycles. The van der Waals surface area contributed by atoms with Crippen LogP contribution in [0.2, 0.25) is 0 Å². The van der Waals surface area contributed by atoms with E-state index in [4.69, 9.17) is 4.74 Å². The maximum atomic E-state index is 12.4. The van der Waals surface area contributed by atoms with Crippen molar-refractivity contribution in [3.8, 4) is 11.1 Å². The highest BCUT2D eigenvalue weighted by Gasteiger charge is 2.40. The van der Waals surface area contributed by atoms with Gasteiger partial charge in [0, 0.05) is 18.0 Å². The van der Waals surface area contributed by atoms with Crippen molar-refractivity contribution in [1.29, 1.82) is 0 Å². The number of methoxy groups -OCH3 is 1. The first kappa shape index (κ1) is 17.7. The van der Waals surface area contributed by atoms with Crippen LogP contribution in [0.4, 0.5) is 5.69 Å². The smallest absolute Gasteiger partial charge is 0.328 e. The summed E-state index contributed by atoms with van der Waals surface area (Å²) in [5.41, 5.74) is 6.91. The molecule has 0 aromatic heterocycles. The summed E-state index contributed by atoms with van der Waals surface area (Å²) >= 11 is 0. The molecular weight excluding hydrogens is 362 g/mol. The van der Waals surface area contributed by atoms with Crippen LogP contribution < -0.4 is 4.90 Å². The summed E-state index contributed by atoms with van der Waals surface area (Å²) in [7, 11) is 1.38. The standard InChI is InChI=1S/C25H21NO3/c1-29-25(28)22-14-17(27)15-26(22)21-13-7-12-20-18-10-5-6-11-19(18)23(24(20)21)16-8-3-2-4-9-16/h2-13,22-23H,14-15H2,1H3. The number of ether oxygens (including phenoxy) is 1. The van der Waals surface area contributed by atoms with Gasteiger partial charge >= 0.3 is 5.97 Å². The first-order valence-corrected chi connectivity index (χ1v) is 9.82. The van der Waals surface area contributed by atoms with E-state index in [9.17, 15) is 9.59 Å². The van der Waals surface area contributed by atoms with Crippen molar-refractivity contribution < 1.29 is 14.3 Å². The highest BCUT2D eigenvalue weighted by atomic mass is 16.5. The number of fused-ring (bicyclic) bond motifs is 3. The van der Waals surface area contributed by atoms with Crippen molar-refractivity contribution in [2.75, 3.05) is 18.6 Å². The Morgan fingerprint density at radius 1 is 0.931 bits per heavy atom. The largest absolute Gasteiger partial charge is 0.467 e. The highest BCUT2D eigenvalue weighted by molar-refractivity contribution is 5.98. The van der Waals surface area contributed by atoms with Gasteiger partial charge in [-0.3, -0.25) is 4.79 Å². The molecule has 5 rings (SSSR count). The Kier molecular flexibility index (Phi) is 4.20. The molecule has 0 N–H and O–H groups in total. The molecule has 1 aliphatic heterocycles. The van der Waals surface area contributed by atoms with E-state index in [1.165, 1.54) is 23.8 Å². The van der Waals surface area contributed by atoms with Gasteiger partial charge in [0.1, 0.15) is 6.04 Å². The first-order valence-electron chi connectivity index (χ1n) is 9.82. The number of carbonyl (C=O) groups is 2. The third-order valence-electron chi connectivity index (χ3n) is 5.99. The topological polar surface area (TPSA) is 46.6 Å². The second-order valence-electron chi connectivity index (χ2n) is 7.58. The Balaban J connectivity index is 1.72. The highest BCUT2D eigenvalue weighted by Crippen LogP contribution is 2.52. The lowest BCUT2D eigenvalue weighted by Gasteiger charge is -2.28. The van der Waals surface area contributed by atoms with Gasteiger partial charge < -0.3 is 9.64 Å². The zero-order valence-corrected chi connectivity index (χ0v) is 16.2. The number of Topliss-reactive ketones (excluding diaryl/α,β-unsaturated/α-hetero) is 1. The molecule has 1 aliphatic carbocycles. The molecule has 144 valence electrons. The number of carbonyl (C=O) groups excluding carboxylic acids is 2. The average Bonchev–Trinajstić information content (AvgIpc) is 3.32. The second kappa shape index (κ2) is 6.89. The summed E-state index contributed by atoms with van der Waals surface area (Å²) < 4.78 is 4.99. The summed E-state index contributed by atoms with van der Waals surface area (Å²) in [4.78, 5) is 26.6. The van der Waals surface area contributed by atoms with Crippen LogP contribution in [0.15, 0.2) is 72.8 Å². The Bertz CT molecular complexity index is 1110. The van der Waals surface area contributed by atoms with Crippen molar-refractivity contribution in [2.45, 2.75) is 18.4 Å². The number of esters is 1. The van der Waals surface area contributed by atoms with E-state index in [1.54, 1.807) is 0 Å². The molecule has 2 unspecified atom stereocenters. The summed E-state index contributed by atoms with van der Waals surface area (Å²) in [6, 6.07) is 24.4. The minimum absolute atomic E-state index is 0.0600. The van der Waals surface area contributed by atoms with Gasteiger partial charge in [-0.15, -0.1) is 0 Å². The molecule has 1 fully saturated rings. The normalized spacial score (nSPS) is 19.8. The quantitative estimate of drug-likeness (QED) is 0.498. The molecule has 29 heavy (non-hydrogen) atoms. The fraction of sp³-hybridized carbons (Fsp3) is 0.200. The van der Waals surface area contributed by atoms with Gasteiger partial charge in [0.05, 0.1) is 13.7 Å². The van der Waals surface area contributed by atoms with Crippen LogP contribution in [0, 0.1) is 0 Å². The number of ketones is 1. The van der Waals surface area contributed by atoms with Gasteiger partial charge in [-0.05, 0) is 33.9 Å². The minimum Gasteiger partial charge on any atom is -0.467 e. The Morgan fingerprint density at radius 3 is 2.45 bits per heavy atom. The minimum atomic E-state index is -0.570. The Labute approximate surface area is 169 Å². The predicted molar refractivity (Wildman–Crippen MR) is 112 cm³/mol. The molecule has 1 heterocycles. The number of nitrogens with zero attached hydrogens (tertiary/aromatic N) is 1. The van der Waals surface area contributed by atoms with Crippen LogP contribution in [-0.4, -0.2) is 31.4 Å². The average molecular weight is 383 g/mol. The molecule has 4 nitrogen and oxygen atoms in total. The van der Waals surface area contributed by atoms with E-state index < -0.39 is 6.04 Å². The number of hydrogen-bond acceptors (Lipinski definition) is 4. The Hall–Kier alpha value is -3.40. The molecule has 3 aromatic rings. The predicted octanol–water partition coefficient (Wildman–Crippen LogP) is 4.17. The second-order valence-corrected chi connectivity index (χ2v) is 7.58. The molecule has 4 heteroatoms. The maximum absolute atomic E-state index is 12.4. The van der Waals surface area contributed by atoms with Crippen molar-refractivity contribution in [1.82, 2.24) is 0 Å². The molecule has 0 radical (unpaired) electrons. The molecule has 0 amide bonds. The van der Waals surface area contributed by atoms with E-state index in [-0.39, 0.29) is 30.6 Å². The summed E-state index contributed by atoms with van der Waals surface area (Å²) in [6.07, 6.45) is 0.194. The summed E-state index contributed by atoms with van der Waals surface area (Å²) in [5, 5.41) is 0. The molecule has 0 saturated carbocycles. The van der Waals surface area contributed by atoms with E-state index in [0.29, 0.717) is 0 Å². The van der Waals surface area contributed by atoms with Crippen molar-refractivity contribution >= 4 is 17.4 Å². The van der Waals surface area contributed by atoms with Crippen molar-refractivity contribution in [3.63, 3.8) is 0 Å². The molecule has 2 aliphatic rings. The number of anilines is 1. The summed E-state index contributed by atoms with van der Waals surface area (Å²) in [5.74, 6) is -0.238. The molecule has 0 bridgehead atoms. The van der Waals surface area contributed by atoms with Gasteiger partial charge in [0.15, 0.2) is 5.78 Å². The van der Waals surface area contributed by atoms with Crippen LogP contribution >= 0.6 is 0 Å². The van der Waals surface area contributed by atoms with Gasteiger partial charge in [0.25, 0.3) is 0 Å². The zero-order valence-electron chi connectivity index (χ0n) is 16.2. The third kappa shape index (κ3) is 2.75. The van der Waals surface area contributed by atoms with Crippen molar-refractivity contribution in [3.05, 3.63) is 89.5 Å². The van der Waals surface area contributed by atoms with Crippen LogP contribution in [0.3, 0.4) is 0 Å². The number of benzene rings is 3. The van der Waals surface area contributed by atoms with Crippen molar-refractivity contribution in [2.24, 2.45) is 0 Å². The van der Waals surface area contributed by atoms with E-state index in [0.717, 1.165) is 16.8 Å². The van der Waals surface area contributed by atoms with Gasteiger partial charge in [-0.2, -0.15) is 0 Å². The third-order valence-corrected chi connectivity index (χ3v) is 5.99. The van der Waals surface area contributed by atoms with E-state index in [1.807, 2.05) is 23.1 Å². The fourth-order valence-corrected chi connectivity index (χ4v) is 4.77. The van der Waals surface area contributed by atoms with Gasteiger partial charge in [-0.1, -0.05) is 66.7 Å². The molecule has 2 atom stereocenters. The molecular formula is C25H21NO3. The fourth-order valence-electron chi connectivity index (χ4n) is 4.77. The van der Waals surface area contributed by atoms with Crippen LogP contribution in [0.25, 0.3) is 11.1 Å². The zero-order chi connectivity index (χ0) is 20.0. The maximum Gasteiger partial charge on any atom is 0.328 e. The van der Waals surface area contributed by atoms with Crippen LogP contribution in [0.1, 0.15) is 29.0 Å². The lowest BCUT2D eigenvalue weighted by atomic mass is 9.88. The number of rotatable bonds is 3. The summed E-state index contributed by atoms with van der Waals surface area (Å²) in [6.45, 7) is 0.230. The van der Waals surface area contributed by atoms with Gasteiger partial charge in [0.2, 0.25) is 0 Å². The molecule has 1 saturated heterocycles. The lowest BCUT2D eigenvalue weighted by Crippen LogP contribution is -2.37. The van der Waals surface area contributed by atoms with E-state index >= 15 is 0 Å². The number of hydrogen-bond donors (Lipinski definition) is 0. The van der Waals surface area contributed by atoms with Gasteiger partial charge in [-0.25, -0.2) is 4.79 Å². The molecule has 0 spiro atoms. The van der Waals surface area contributed by atoms with Crippen LogP contribution in [0.5, 0.6) is 0 Å². The lowest BCUT2D eigenvalue weighted by molar-refractivity contribution is -0.142. The SMILES string of the molecule is COC(=O)C1CC(=O)CN1c1cccc2c1C(c1ccccc1)c1ccccc1-2. The first-order chi connectivity index (χ1) is 14.2. The van der Waals surface area contributed by atoms with Crippen LogP contribution in [-0.2, 0) is 14.3 Å². The Morgan fingerprint density at radius 2 is 1.66 bits per heavy atom. The van der Waals surface area contributed by atoms with E-state index in [2.05, 4.69) is 54.6 Å².